The molecule has 0 unspecified atom stereocenters. The number of esters is 6. The quantitative estimate of drug-likeness (QED) is 0.0338. The second-order valence-corrected chi connectivity index (χ2v) is 21.0. The molecule has 2 rings (SSSR count). The number of amides is 1. The van der Waals surface area contributed by atoms with Crippen molar-refractivity contribution < 1.29 is 66.7 Å². The fourth-order valence-corrected chi connectivity index (χ4v) is 9.00. The van der Waals surface area contributed by atoms with Crippen molar-refractivity contribution in [3.63, 3.8) is 0 Å². The summed E-state index contributed by atoms with van der Waals surface area (Å²) in [5.41, 5.74) is 0.881. The van der Waals surface area contributed by atoms with E-state index in [1.54, 1.807) is 12.4 Å². The molecule has 0 aliphatic carbocycles. The number of likely N-dealkylation sites (N-methyl/N-ethyl adjacent to an activating group) is 1. The Balaban J connectivity index is 2.10. The van der Waals surface area contributed by atoms with Crippen LogP contribution in [-0.2, 0) is 61.9 Å². The predicted molar refractivity (Wildman–Crippen MR) is 297 cm³/mol. The lowest BCUT2D eigenvalue weighted by Gasteiger charge is -2.46. The van der Waals surface area contributed by atoms with E-state index >= 15 is 0 Å². The number of hydrogen-bond acceptors (Lipinski definition) is 16. The summed E-state index contributed by atoms with van der Waals surface area (Å²) in [4.78, 5) is 98.8. The molecular weight excluding hydrogens is 987 g/mol. The summed E-state index contributed by atoms with van der Waals surface area (Å²) >= 11 is 0. The molecule has 77 heavy (non-hydrogen) atoms. The Morgan fingerprint density at radius 2 is 0.792 bits per heavy atom. The zero-order chi connectivity index (χ0) is 56.1. The van der Waals surface area contributed by atoms with Crippen LogP contribution in [0.1, 0.15) is 227 Å². The third kappa shape index (κ3) is 34.5. The zero-order valence-electron chi connectivity index (χ0n) is 48.3. The molecule has 0 bridgehead atoms. The lowest BCUT2D eigenvalue weighted by atomic mass is 9.94. The maximum atomic E-state index is 13.8. The minimum absolute atomic E-state index is 0.0286. The number of ether oxygens (including phenoxy) is 7. The lowest BCUT2D eigenvalue weighted by Crippen LogP contribution is -2.62. The predicted octanol–water partition coefficient (Wildman–Crippen LogP) is 12.4. The third-order valence-corrected chi connectivity index (χ3v) is 13.9. The maximum absolute atomic E-state index is 13.8. The van der Waals surface area contributed by atoms with Gasteiger partial charge in [0.05, 0.1) is 57.9 Å². The van der Waals surface area contributed by atoms with Gasteiger partial charge in [-0.25, -0.2) is 4.79 Å². The lowest BCUT2D eigenvalue weighted by molar-refractivity contribution is -0.159. The summed E-state index contributed by atoms with van der Waals surface area (Å²) in [6.07, 6.45) is 28.0. The van der Waals surface area contributed by atoms with E-state index in [9.17, 15) is 33.6 Å². The first kappa shape index (κ1) is 68.1. The first-order valence-corrected chi connectivity index (χ1v) is 29.9. The van der Waals surface area contributed by atoms with Gasteiger partial charge in [0.2, 0.25) is 0 Å². The SMILES string of the molecule is CCCCCCCCC(=O)OCC(COC(=O)CCCCCCCC)CC(=O)OC[C@@H]1C[C@@H](COC(=O)CC(COC(=O)CCCCCCCC)COC(=O)CCCCCCCC)N1C(=O)OCCN(C)c1ccncc1. The summed E-state index contributed by atoms with van der Waals surface area (Å²) in [5, 5.41) is 0. The standard InChI is InChI=1S/C60H101N3O14/c1-6-10-14-18-22-26-30-54(64)72-43-49(44-73-55(65)31-27-23-19-15-11-7-2)40-58(68)76-47-52-42-53(63(52)60(70)71-39-38-62(5)51-34-36-61-37-35-51)48-77-59(69)41-50(45-74-56(66)32-28-24-20-16-12-8-3)46-75-57(67)33-29-25-21-17-13-9-4/h34-37,49-50,52-53H,6-33,38-48H2,1-5H3/t52-,53-/m0/s1. The van der Waals surface area contributed by atoms with Gasteiger partial charge in [0.15, 0.2) is 0 Å². The number of unbranched alkanes of at least 4 members (excludes halogenated alkanes) is 20. The van der Waals surface area contributed by atoms with Crippen LogP contribution in [0.4, 0.5) is 10.5 Å². The van der Waals surface area contributed by atoms with Crippen molar-refractivity contribution in [3.05, 3.63) is 24.5 Å². The Morgan fingerprint density at radius 3 is 1.13 bits per heavy atom. The highest BCUT2D eigenvalue weighted by molar-refractivity contribution is 5.73. The minimum Gasteiger partial charge on any atom is -0.465 e. The molecule has 2 heterocycles. The Morgan fingerprint density at radius 1 is 0.468 bits per heavy atom. The molecule has 2 atom stereocenters. The van der Waals surface area contributed by atoms with E-state index < -0.39 is 42.0 Å². The number of carbonyl (C=O) groups is 7. The highest BCUT2D eigenvalue weighted by Crippen LogP contribution is 2.29. The molecule has 440 valence electrons. The normalized spacial score (nSPS) is 13.9. The summed E-state index contributed by atoms with van der Waals surface area (Å²) in [6.45, 7) is 8.14. The van der Waals surface area contributed by atoms with E-state index in [4.69, 9.17) is 33.2 Å². The fourth-order valence-electron chi connectivity index (χ4n) is 9.00. The van der Waals surface area contributed by atoms with Gasteiger partial charge in [0, 0.05) is 62.6 Å². The fraction of sp³-hybridized carbons (Fsp3) is 0.800. The summed E-state index contributed by atoms with van der Waals surface area (Å²) in [5.74, 6) is -4.04. The number of aromatic nitrogens is 1. The Bertz CT molecular complexity index is 1590. The van der Waals surface area contributed by atoms with E-state index in [2.05, 4.69) is 32.7 Å². The molecule has 1 saturated heterocycles. The van der Waals surface area contributed by atoms with Gasteiger partial charge in [-0.3, -0.25) is 38.7 Å². The summed E-state index contributed by atoms with van der Waals surface area (Å²) in [7, 11) is 1.86. The molecule has 17 heteroatoms. The van der Waals surface area contributed by atoms with Crippen molar-refractivity contribution in [2.45, 2.75) is 239 Å². The summed E-state index contributed by atoms with van der Waals surface area (Å²) < 4.78 is 39.5. The first-order valence-electron chi connectivity index (χ1n) is 29.9. The molecule has 1 amide bonds. The van der Waals surface area contributed by atoms with Gasteiger partial charge in [-0.15, -0.1) is 0 Å². The van der Waals surface area contributed by atoms with E-state index in [1.165, 1.54) is 4.90 Å². The number of hydrogen-bond donors (Lipinski definition) is 0. The largest absolute Gasteiger partial charge is 0.465 e. The molecule has 0 saturated carbocycles. The van der Waals surface area contributed by atoms with Crippen LogP contribution in [0.2, 0.25) is 0 Å². The molecule has 0 N–H and O–H groups in total. The van der Waals surface area contributed by atoms with Crippen LogP contribution in [-0.4, -0.2) is 124 Å². The van der Waals surface area contributed by atoms with Crippen molar-refractivity contribution in [3.8, 4) is 0 Å². The number of rotatable bonds is 48. The van der Waals surface area contributed by atoms with Crippen molar-refractivity contribution in [2.24, 2.45) is 11.8 Å². The van der Waals surface area contributed by atoms with Gasteiger partial charge in [0.1, 0.15) is 19.8 Å². The number of anilines is 1. The summed E-state index contributed by atoms with van der Waals surface area (Å²) in [6, 6.07) is 2.45. The van der Waals surface area contributed by atoms with Crippen molar-refractivity contribution in [1.82, 2.24) is 9.88 Å². The van der Waals surface area contributed by atoms with E-state index in [0.717, 1.165) is 134 Å². The first-order chi connectivity index (χ1) is 37.4. The number of likely N-dealkylation sites (tertiary alicyclic amines) is 1. The molecule has 0 aromatic carbocycles. The molecule has 0 spiro atoms. The number of nitrogens with zero attached hydrogens (tertiary/aromatic N) is 3. The third-order valence-electron chi connectivity index (χ3n) is 13.9. The van der Waals surface area contributed by atoms with Crippen LogP contribution in [0, 0.1) is 11.8 Å². The van der Waals surface area contributed by atoms with Crippen LogP contribution in [0.25, 0.3) is 0 Å². The molecule has 1 aromatic rings. The minimum atomic E-state index is -0.679. The van der Waals surface area contributed by atoms with Crippen LogP contribution in [0.5, 0.6) is 0 Å². The number of carbonyl (C=O) groups excluding carboxylic acids is 7. The van der Waals surface area contributed by atoms with Gasteiger partial charge in [-0.1, -0.05) is 156 Å². The van der Waals surface area contributed by atoms with Crippen molar-refractivity contribution >= 4 is 47.6 Å². The number of pyridine rings is 1. The molecule has 1 aliphatic heterocycles. The van der Waals surface area contributed by atoms with E-state index in [0.29, 0.717) is 38.6 Å². The average Bonchev–Trinajstić information content (AvgIpc) is 3.41. The van der Waals surface area contributed by atoms with E-state index in [1.807, 2.05) is 24.1 Å². The van der Waals surface area contributed by atoms with Crippen molar-refractivity contribution in [1.29, 1.82) is 0 Å². The molecule has 1 aliphatic rings. The van der Waals surface area contributed by atoms with Gasteiger partial charge in [0.25, 0.3) is 0 Å². The van der Waals surface area contributed by atoms with Crippen LogP contribution in [0.15, 0.2) is 24.5 Å². The van der Waals surface area contributed by atoms with Gasteiger partial charge < -0.3 is 38.1 Å². The van der Waals surface area contributed by atoms with E-state index in [-0.39, 0.29) is 109 Å². The molecular formula is C60H101N3O14. The second-order valence-electron chi connectivity index (χ2n) is 21.0. The van der Waals surface area contributed by atoms with Crippen molar-refractivity contribution in [2.75, 3.05) is 64.7 Å². The van der Waals surface area contributed by atoms with Crippen LogP contribution < -0.4 is 4.90 Å². The van der Waals surface area contributed by atoms with Gasteiger partial charge in [-0.2, -0.15) is 0 Å². The smallest absolute Gasteiger partial charge is 0.410 e. The monoisotopic (exact) mass is 1090 g/mol. The highest BCUT2D eigenvalue weighted by Gasteiger charge is 2.44. The Hall–Kier alpha value is -4.96. The second kappa shape index (κ2) is 45.0. The molecule has 17 nitrogen and oxygen atoms in total. The topological polar surface area (TPSA) is 203 Å². The molecule has 0 radical (unpaired) electrons. The Kier molecular flexibility index (Phi) is 39.8. The Labute approximate surface area is 462 Å². The maximum Gasteiger partial charge on any atom is 0.410 e. The zero-order valence-corrected chi connectivity index (χ0v) is 48.3. The van der Waals surface area contributed by atoms with Crippen LogP contribution in [0.3, 0.4) is 0 Å². The van der Waals surface area contributed by atoms with Gasteiger partial charge >= 0.3 is 41.9 Å². The van der Waals surface area contributed by atoms with Gasteiger partial charge in [-0.05, 0) is 44.2 Å². The molecule has 1 fully saturated rings. The highest BCUT2D eigenvalue weighted by atomic mass is 16.6. The van der Waals surface area contributed by atoms with Crippen LogP contribution >= 0.6 is 0 Å². The average molecular weight is 1090 g/mol. The molecule has 1 aromatic heterocycles.